The van der Waals surface area contributed by atoms with Crippen LogP contribution >= 0.6 is 12.2 Å². The summed E-state index contributed by atoms with van der Waals surface area (Å²) in [6.07, 6.45) is 5.38. The van der Waals surface area contributed by atoms with Crippen LogP contribution in [-0.4, -0.2) is 21.0 Å². The number of carbonyl (C=O) groups excluding carboxylic acids is 1. The van der Waals surface area contributed by atoms with E-state index in [9.17, 15) is 4.79 Å². The van der Waals surface area contributed by atoms with E-state index in [-0.39, 0.29) is 5.91 Å². The number of hydrogen-bond donors (Lipinski definition) is 3. The number of H-pyrrole nitrogens is 1. The number of hydrogen-bond acceptors (Lipinski definition) is 3. The summed E-state index contributed by atoms with van der Waals surface area (Å²) in [6, 6.07) is 2.02. The van der Waals surface area contributed by atoms with Crippen LogP contribution in [0.3, 0.4) is 0 Å². The van der Waals surface area contributed by atoms with Gasteiger partial charge in [-0.05, 0) is 36.8 Å². The molecule has 18 heavy (non-hydrogen) atoms. The second-order valence-electron chi connectivity index (χ2n) is 4.12. The van der Waals surface area contributed by atoms with E-state index in [2.05, 4.69) is 20.6 Å². The highest BCUT2D eigenvalue weighted by molar-refractivity contribution is 7.80. The predicted octanol–water partition coefficient (Wildman–Crippen LogP) is 1.22. The Morgan fingerprint density at radius 1 is 1.39 bits per heavy atom. The first-order chi connectivity index (χ1) is 8.63. The minimum Gasteiger partial charge on any atom is -0.346 e. The number of thiocarbonyl (C=S) groups is 1. The normalized spacial score (nSPS) is 17.3. The Labute approximate surface area is 108 Å². The number of pyridine rings is 1. The first kappa shape index (κ1) is 10.9. The van der Waals surface area contributed by atoms with Crippen molar-refractivity contribution in [2.45, 2.75) is 6.92 Å². The number of rotatable bonds is 1. The summed E-state index contributed by atoms with van der Waals surface area (Å²) in [5.74, 6) is -0.213. The first-order valence-corrected chi connectivity index (χ1v) is 5.82. The maximum Gasteiger partial charge on any atom is 0.273 e. The molecule has 0 spiro atoms. The monoisotopic (exact) mass is 258 g/mol. The lowest BCUT2D eigenvalue weighted by atomic mass is 10.1. The van der Waals surface area contributed by atoms with Crippen LogP contribution in [0.15, 0.2) is 24.2 Å². The molecule has 1 amide bonds. The molecule has 6 heteroatoms. The fourth-order valence-corrected chi connectivity index (χ4v) is 2.09. The number of aromatic amines is 1. The molecular formula is C12H10N4OS. The third-order valence-electron chi connectivity index (χ3n) is 2.72. The molecule has 3 rings (SSSR count). The summed E-state index contributed by atoms with van der Waals surface area (Å²) < 4.78 is 0. The molecule has 1 aliphatic heterocycles. The van der Waals surface area contributed by atoms with Gasteiger partial charge in [0.05, 0.1) is 0 Å². The minimum atomic E-state index is -0.213. The number of fused-ring (bicyclic) bond motifs is 1. The predicted molar refractivity (Wildman–Crippen MR) is 72.7 cm³/mol. The Kier molecular flexibility index (Phi) is 2.38. The number of nitrogens with one attached hydrogen (secondary N) is 3. The molecule has 3 N–H and O–H groups in total. The van der Waals surface area contributed by atoms with Crippen molar-refractivity contribution in [3.05, 3.63) is 35.3 Å². The Bertz CT molecular complexity index is 701. The van der Waals surface area contributed by atoms with Crippen molar-refractivity contribution in [1.29, 1.82) is 0 Å². The minimum absolute atomic E-state index is 0.213. The van der Waals surface area contributed by atoms with E-state index < -0.39 is 0 Å². The Balaban J connectivity index is 2.10. The molecule has 2 aromatic heterocycles. The van der Waals surface area contributed by atoms with Gasteiger partial charge in [0.1, 0.15) is 11.3 Å². The number of amides is 1. The zero-order chi connectivity index (χ0) is 12.7. The molecule has 0 aliphatic carbocycles. The summed E-state index contributed by atoms with van der Waals surface area (Å²) in [5, 5.41) is 6.66. The molecule has 5 nitrogen and oxygen atoms in total. The van der Waals surface area contributed by atoms with Crippen molar-refractivity contribution in [3.63, 3.8) is 0 Å². The summed E-state index contributed by atoms with van der Waals surface area (Å²) in [5.41, 5.74) is 3.22. The van der Waals surface area contributed by atoms with Crippen molar-refractivity contribution >= 4 is 40.3 Å². The zero-order valence-electron chi connectivity index (χ0n) is 9.57. The van der Waals surface area contributed by atoms with Crippen LogP contribution < -0.4 is 10.6 Å². The molecule has 0 aromatic carbocycles. The maximum atomic E-state index is 11.6. The van der Waals surface area contributed by atoms with Crippen molar-refractivity contribution in [2.24, 2.45) is 0 Å². The fraction of sp³-hybridized carbons (Fsp3) is 0.0833. The molecule has 0 atom stereocenters. The highest BCUT2D eigenvalue weighted by Crippen LogP contribution is 2.20. The van der Waals surface area contributed by atoms with E-state index in [1.165, 1.54) is 0 Å². The van der Waals surface area contributed by atoms with E-state index >= 15 is 0 Å². The zero-order valence-corrected chi connectivity index (χ0v) is 10.4. The lowest BCUT2D eigenvalue weighted by molar-refractivity contribution is -0.115. The van der Waals surface area contributed by atoms with Crippen molar-refractivity contribution in [2.75, 3.05) is 0 Å². The lowest BCUT2D eigenvalue weighted by Crippen LogP contribution is -2.21. The van der Waals surface area contributed by atoms with E-state index in [1.54, 1.807) is 12.3 Å². The first-order valence-electron chi connectivity index (χ1n) is 5.41. The van der Waals surface area contributed by atoms with Gasteiger partial charge in [-0.3, -0.25) is 10.1 Å². The summed E-state index contributed by atoms with van der Waals surface area (Å²) in [4.78, 5) is 18.9. The van der Waals surface area contributed by atoms with Gasteiger partial charge in [0.2, 0.25) is 0 Å². The van der Waals surface area contributed by atoms with Gasteiger partial charge in [-0.1, -0.05) is 0 Å². The van der Waals surface area contributed by atoms with Gasteiger partial charge in [0, 0.05) is 23.3 Å². The van der Waals surface area contributed by atoms with Crippen LogP contribution in [0.5, 0.6) is 0 Å². The van der Waals surface area contributed by atoms with Crippen LogP contribution in [0.4, 0.5) is 0 Å². The molecule has 1 saturated heterocycles. The SMILES string of the molecule is Cc1cnc2[nH]cc(C=C3NC(=S)NC3=O)c2c1. The largest absolute Gasteiger partial charge is 0.346 e. The van der Waals surface area contributed by atoms with E-state index in [1.807, 2.05) is 19.2 Å². The van der Waals surface area contributed by atoms with Crippen LogP contribution in [0.2, 0.25) is 0 Å². The Morgan fingerprint density at radius 2 is 2.22 bits per heavy atom. The second-order valence-corrected chi connectivity index (χ2v) is 4.53. The number of aryl methyl sites for hydroxylation is 1. The van der Waals surface area contributed by atoms with Crippen molar-refractivity contribution < 1.29 is 4.79 Å². The molecule has 1 fully saturated rings. The molecule has 1 aliphatic rings. The average Bonchev–Trinajstić information content (AvgIpc) is 2.84. The van der Waals surface area contributed by atoms with Gasteiger partial charge in [-0.25, -0.2) is 4.98 Å². The van der Waals surface area contributed by atoms with E-state index in [4.69, 9.17) is 12.2 Å². The van der Waals surface area contributed by atoms with Crippen LogP contribution in [0, 0.1) is 6.92 Å². The summed E-state index contributed by atoms with van der Waals surface area (Å²) in [7, 11) is 0. The van der Waals surface area contributed by atoms with Gasteiger partial charge in [0.25, 0.3) is 5.91 Å². The second kappa shape index (κ2) is 3.92. The average molecular weight is 258 g/mol. The Hall–Kier alpha value is -2.21. The number of aromatic nitrogens is 2. The molecule has 0 radical (unpaired) electrons. The fourth-order valence-electron chi connectivity index (χ4n) is 1.89. The maximum absolute atomic E-state index is 11.6. The topological polar surface area (TPSA) is 69.8 Å². The van der Waals surface area contributed by atoms with Crippen LogP contribution in [-0.2, 0) is 4.79 Å². The molecule has 90 valence electrons. The molecule has 0 bridgehead atoms. The van der Waals surface area contributed by atoms with Crippen molar-refractivity contribution in [1.82, 2.24) is 20.6 Å². The van der Waals surface area contributed by atoms with Crippen molar-refractivity contribution in [3.8, 4) is 0 Å². The van der Waals surface area contributed by atoms with Gasteiger partial charge >= 0.3 is 0 Å². The quantitative estimate of drug-likeness (QED) is 0.531. The highest BCUT2D eigenvalue weighted by Gasteiger charge is 2.20. The third-order valence-corrected chi connectivity index (χ3v) is 2.92. The Morgan fingerprint density at radius 3 is 2.94 bits per heavy atom. The van der Waals surface area contributed by atoms with Gasteiger partial charge < -0.3 is 10.3 Å². The van der Waals surface area contributed by atoms with Gasteiger partial charge in [-0.2, -0.15) is 0 Å². The summed E-state index contributed by atoms with van der Waals surface area (Å²) >= 11 is 4.88. The van der Waals surface area contributed by atoms with E-state index in [0.29, 0.717) is 10.8 Å². The molecule has 2 aromatic rings. The van der Waals surface area contributed by atoms with Crippen LogP contribution in [0.1, 0.15) is 11.1 Å². The van der Waals surface area contributed by atoms with Crippen LogP contribution in [0.25, 0.3) is 17.1 Å². The molecular weight excluding hydrogens is 248 g/mol. The lowest BCUT2D eigenvalue weighted by Gasteiger charge is -1.96. The third kappa shape index (κ3) is 1.76. The summed E-state index contributed by atoms with van der Waals surface area (Å²) in [6.45, 7) is 1.98. The smallest absolute Gasteiger partial charge is 0.273 e. The molecule has 0 unspecified atom stereocenters. The standard InChI is InChI=1S/C12H10N4OS/c1-6-2-8-7(5-14-10(8)13-4-6)3-9-11(17)16-12(18)15-9/h2-5H,1H3,(H,13,14)(H2,15,16,17,18). The van der Waals surface area contributed by atoms with E-state index in [0.717, 1.165) is 22.2 Å². The highest BCUT2D eigenvalue weighted by atomic mass is 32.1. The number of nitrogens with zero attached hydrogens (tertiary/aromatic N) is 1. The van der Waals surface area contributed by atoms with Gasteiger partial charge in [0.15, 0.2) is 5.11 Å². The number of carbonyl (C=O) groups is 1. The molecule has 0 saturated carbocycles. The van der Waals surface area contributed by atoms with Gasteiger partial charge in [-0.15, -0.1) is 0 Å². The molecule has 3 heterocycles.